The Morgan fingerprint density at radius 1 is 1.38 bits per heavy atom. The van der Waals surface area contributed by atoms with E-state index in [0.29, 0.717) is 39.0 Å². The van der Waals surface area contributed by atoms with Gasteiger partial charge in [-0.3, -0.25) is 9.69 Å². The number of Topliss-reactive ketones (excluding diaryl/α,β-unsaturated/α-hetero) is 1. The lowest BCUT2D eigenvalue weighted by atomic mass is 9.88. The minimum Gasteiger partial charge on any atom is -0.411 e. The summed E-state index contributed by atoms with van der Waals surface area (Å²) in [6.45, 7) is 3.60. The highest BCUT2D eigenvalue weighted by Gasteiger charge is 2.34. The van der Waals surface area contributed by atoms with Gasteiger partial charge in [0.1, 0.15) is 11.5 Å². The second kappa shape index (κ2) is 7.26. The highest BCUT2D eigenvalue weighted by Crippen LogP contribution is 2.31. The van der Waals surface area contributed by atoms with Crippen LogP contribution in [0, 0.1) is 5.92 Å². The van der Waals surface area contributed by atoms with Crippen LogP contribution in [0.1, 0.15) is 25.7 Å². The zero-order chi connectivity index (χ0) is 15.3. The largest absolute Gasteiger partial charge is 0.572 e. The lowest BCUT2D eigenvalue weighted by Crippen LogP contribution is -2.38. The highest BCUT2D eigenvalue weighted by molar-refractivity contribution is 5.81. The molecule has 1 fully saturated rings. The number of morpholine rings is 1. The first-order valence-corrected chi connectivity index (χ1v) is 7.21. The molecular weight excluding hydrogens is 287 g/mol. The Balaban J connectivity index is 1.76. The summed E-state index contributed by atoms with van der Waals surface area (Å²) >= 11 is 0. The molecule has 1 atom stereocenters. The van der Waals surface area contributed by atoms with Crippen LogP contribution in [0.25, 0.3) is 0 Å². The SMILES string of the molecule is O=C(CCN1CCOCC1)C1CCC=C(OC(F)(F)F)C1. The number of nitrogens with zero attached hydrogens (tertiary/aromatic N) is 1. The van der Waals surface area contributed by atoms with Crippen molar-refractivity contribution in [3.63, 3.8) is 0 Å². The summed E-state index contributed by atoms with van der Waals surface area (Å²) in [6.07, 6.45) is -1.75. The van der Waals surface area contributed by atoms with Crippen LogP contribution in [0.2, 0.25) is 0 Å². The number of alkyl halides is 3. The Hall–Kier alpha value is -1.08. The molecule has 0 radical (unpaired) electrons. The van der Waals surface area contributed by atoms with Crippen molar-refractivity contribution in [3.8, 4) is 0 Å². The van der Waals surface area contributed by atoms with E-state index in [1.165, 1.54) is 6.08 Å². The Morgan fingerprint density at radius 3 is 2.76 bits per heavy atom. The summed E-state index contributed by atoms with van der Waals surface area (Å²) in [5, 5.41) is 0. The Labute approximate surface area is 121 Å². The molecule has 120 valence electrons. The molecule has 2 rings (SSSR count). The number of halogens is 3. The number of ether oxygens (including phenoxy) is 2. The van der Waals surface area contributed by atoms with Crippen molar-refractivity contribution >= 4 is 5.78 Å². The average molecular weight is 307 g/mol. The van der Waals surface area contributed by atoms with Crippen molar-refractivity contribution < 1.29 is 27.4 Å². The maximum atomic E-state index is 12.2. The number of carbonyl (C=O) groups excluding carboxylic acids is 1. The number of ketones is 1. The lowest BCUT2D eigenvalue weighted by Gasteiger charge is -2.27. The van der Waals surface area contributed by atoms with Gasteiger partial charge in [-0.2, -0.15) is 0 Å². The molecule has 4 nitrogen and oxygen atoms in total. The van der Waals surface area contributed by atoms with Crippen LogP contribution in [0.4, 0.5) is 13.2 Å². The third-order valence-corrected chi connectivity index (χ3v) is 3.82. The molecule has 0 aromatic heterocycles. The van der Waals surface area contributed by atoms with E-state index < -0.39 is 6.36 Å². The Kier molecular flexibility index (Phi) is 5.64. The van der Waals surface area contributed by atoms with Crippen molar-refractivity contribution in [3.05, 3.63) is 11.8 Å². The maximum absolute atomic E-state index is 12.2. The second-order valence-corrected chi connectivity index (χ2v) is 5.37. The molecule has 0 aromatic carbocycles. The lowest BCUT2D eigenvalue weighted by molar-refractivity contribution is -0.307. The molecule has 1 aliphatic heterocycles. The van der Waals surface area contributed by atoms with Crippen LogP contribution in [-0.4, -0.2) is 49.9 Å². The first kappa shape index (κ1) is 16.3. The molecule has 1 aliphatic carbocycles. The molecule has 0 saturated carbocycles. The van der Waals surface area contributed by atoms with Gasteiger partial charge in [-0.05, 0) is 18.9 Å². The van der Waals surface area contributed by atoms with Gasteiger partial charge in [0.15, 0.2) is 0 Å². The van der Waals surface area contributed by atoms with Crippen LogP contribution in [-0.2, 0) is 14.3 Å². The Bertz CT molecular complexity index is 389. The minimum absolute atomic E-state index is 0.0258. The average Bonchev–Trinajstić information content (AvgIpc) is 2.44. The van der Waals surface area contributed by atoms with Gasteiger partial charge in [0.05, 0.1) is 13.2 Å². The van der Waals surface area contributed by atoms with Crippen LogP contribution < -0.4 is 0 Å². The fourth-order valence-corrected chi connectivity index (χ4v) is 2.68. The molecule has 7 heteroatoms. The predicted molar refractivity (Wildman–Crippen MR) is 69.4 cm³/mol. The minimum atomic E-state index is -4.68. The van der Waals surface area contributed by atoms with E-state index in [2.05, 4.69) is 9.64 Å². The quantitative estimate of drug-likeness (QED) is 0.782. The highest BCUT2D eigenvalue weighted by atomic mass is 19.4. The standard InChI is InChI=1S/C14H20F3NO3/c15-14(16,17)21-12-3-1-2-11(10-12)13(19)4-5-18-6-8-20-9-7-18/h3,11H,1-2,4-10H2. The monoisotopic (exact) mass is 307 g/mol. The molecule has 1 saturated heterocycles. The third-order valence-electron chi connectivity index (χ3n) is 3.82. The number of allylic oxidation sites excluding steroid dienone is 2. The summed E-state index contributed by atoms with van der Waals surface area (Å²) < 4.78 is 45.7. The van der Waals surface area contributed by atoms with Gasteiger partial charge in [-0.15, -0.1) is 13.2 Å². The number of hydrogen-bond donors (Lipinski definition) is 0. The molecule has 0 N–H and O–H groups in total. The molecule has 2 aliphatic rings. The van der Waals surface area contributed by atoms with Crippen LogP contribution >= 0.6 is 0 Å². The number of hydrogen-bond acceptors (Lipinski definition) is 4. The summed E-state index contributed by atoms with van der Waals surface area (Å²) in [5.41, 5.74) is 0. The van der Waals surface area contributed by atoms with Crippen LogP contribution in [0.15, 0.2) is 11.8 Å². The van der Waals surface area contributed by atoms with Gasteiger partial charge < -0.3 is 9.47 Å². The van der Waals surface area contributed by atoms with E-state index >= 15 is 0 Å². The van der Waals surface area contributed by atoms with E-state index in [0.717, 1.165) is 13.1 Å². The smallest absolute Gasteiger partial charge is 0.411 e. The number of rotatable bonds is 5. The van der Waals surface area contributed by atoms with Crippen LogP contribution in [0.3, 0.4) is 0 Å². The van der Waals surface area contributed by atoms with E-state index in [-0.39, 0.29) is 23.9 Å². The predicted octanol–water partition coefficient (Wildman–Crippen LogP) is 2.50. The topological polar surface area (TPSA) is 38.8 Å². The molecule has 0 amide bonds. The van der Waals surface area contributed by atoms with E-state index in [9.17, 15) is 18.0 Å². The number of carbonyl (C=O) groups is 1. The van der Waals surface area contributed by atoms with Crippen LogP contribution in [0.5, 0.6) is 0 Å². The van der Waals surface area contributed by atoms with Crippen molar-refractivity contribution in [2.75, 3.05) is 32.8 Å². The first-order valence-electron chi connectivity index (χ1n) is 7.21. The van der Waals surface area contributed by atoms with Crippen molar-refractivity contribution in [1.29, 1.82) is 0 Å². The van der Waals surface area contributed by atoms with E-state index in [1.54, 1.807) is 0 Å². The van der Waals surface area contributed by atoms with Gasteiger partial charge >= 0.3 is 6.36 Å². The van der Waals surface area contributed by atoms with Crippen molar-refractivity contribution in [2.24, 2.45) is 5.92 Å². The van der Waals surface area contributed by atoms with Gasteiger partial charge in [-0.25, -0.2) is 0 Å². The fraction of sp³-hybridized carbons (Fsp3) is 0.786. The fourth-order valence-electron chi connectivity index (χ4n) is 2.68. The second-order valence-electron chi connectivity index (χ2n) is 5.37. The van der Waals surface area contributed by atoms with E-state index in [1.807, 2.05) is 0 Å². The van der Waals surface area contributed by atoms with Gasteiger partial charge in [0, 0.05) is 38.4 Å². The summed E-state index contributed by atoms with van der Waals surface area (Å²) in [7, 11) is 0. The summed E-state index contributed by atoms with van der Waals surface area (Å²) in [5.74, 6) is -0.454. The van der Waals surface area contributed by atoms with Gasteiger partial charge in [-0.1, -0.05) is 0 Å². The van der Waals surface area contributed by atoms with Gasteiger partial charge in [0.2, 0.25) is 0 Å². The van der Waals surface area contributed by atoms with E-state index in [4.69, 9.17) is 4.74 Å². The van der Waals surface area contributed by atoms with Gasteiger partial charge in [0.25, 0.3) is 0 Å². The third kappa shape index (κ3) is 5.67. The van der Waals surface area contributed by atoms with Crippen molar-refractivity contribution in [2.45, 2.75) is 32.0 Å². The summed E-state index contributed by atoms with van der Waals surface area (Å²) in [6, 6.07) is 0. The van der Waals surface area contributed by atoms with Crippen molar-refractivity contribution in [1.82, 2.24) is 4.90 Å². The first-order chi connectivity index (χ1) is 9.94. The molecule has 0 aromatic rings. The molecule has 21 heavy (non-hydrogen) atoms. The molecular formula is C14H20F3NO3. The zero-order valence-corrected chi connectivity index (χ0v) is 11.8. The summed E-state index contributed by atoms with van der Waals surface area (Å²) in [4.78, 5) is 14.3. The maximum Gasteiger partial charge on any atom is 0.572 e. The molecule has 1 unspecified atom stereocenters. The molecule has 1 heterocycles. The molecule has 0 bridgehead atoms. The zero-order valence-electron chi connectivity index (χ0n) is 11.8. The molecule has 0 spiro atoms. The Morgan fingerprint density at radius 2 is 2.10 bits per heavy atom. The normalized spacial score (nSPS) is 24.5.